The Hall–Kier alpha value is -1.33. The third kappa shape index (κ3) is 2.73. The molecule has 1 atom stereocenters. The molecule has 18 heavy (non-hydrogen) atoms. The van der Waals surface area contributed by atoms with Crippen molar-refractivity contribution >= 4 is 23.4 Å². The van der Waals surface area contributed by atoms with Crippen molar-refractivity contribution in [3.8, 4) is 0 Å². The van der Waals surface area contributed by atoms with Crippen molar-refractivity contribution in [1.82, 2.24) is 4.98 Å². The number of morpholine rings is 1. The molecule has 1 aromatic rings. The largest absolute Gasteiger partial charge is 0.465 e. The molecule has 0 aliphatic carbocycles. The first kappa shape index (κ1) is 13.1. The van der Waals surface area contributed by atoms with Gasteiger partial charge in [0.25, 0.3) is 0 Å². The molecule has 5 nitrogen and oxygen atoms in total. The molecule has 6 heteroatoms. The monoisotopic (exact) mass is 270 g/mol. The highest BCUT2D eigenvalue weighted by Gasteiger charge is 2.21. The highest BCUT2D eigenvalue weighted by atomic mass is 35.5. The van der Waals surface area contributed by atoms with Gasteiger partial charge in [0.2, 0.25) is 0 Å². The molecule has 0 aromatic carbocycles. The average molecular weight is 271 g/mol. The Kier molecular flexibility index (Phi) is 4.04. The second kappa shape index (κ2) is 5.54. The Morgan fingerprint density at radius 3 is 3.06 bits per heavy atom. The predicted octanol–water partition coefficient (Wildman–Crippen LogP) is 1.75. The number of nitrogens with zero attached hydrogens (tertiary/aromatic N) is 2. The van der Waals surface area contributed by atoms with Crippen LogP contribution in [0.2, 0.25) is 5.15 Å². The van der Waals surface area contributed by atoms with Gasteiger partial charge in [0, 0.05) is 6.54 Å². The highest BCUT2D eigenvalue weighted by Crippen LogP contribution is 2.22. The summed E-state index contributed by atoms with van der Waals surface area (Å²) in [4.78, 5) is 17.9. The number of esters is 1. The van der Waals surface area contributed by atoms with Gasteiger partial charge in [-0.3, -0.25) is 0 Å². The standard InChI is InChI=1S/C12H15ClN2O3/c1-8-7-18-4-3-15(8)11-6-9(12(16)17-2)5-10(13)14-11/h5-6,8H,3-4,7H2,1-2H3/t8-/m1/s1. The quantitative estimate of drug-likeness (QED) is 0.605. The second-order valence-corrected chi connectivity index (χ2v) is 4.53. The van der Waals surface area contributed by atoms with Gasteiger partial charge in [-0.15, -0.1) is 0 Å². The first-order chi connectivity index (χ1) is 8.61. The molecule has 0 amide bonds. The number of rotatable bonds is 2. The van der Waals surface area contributed by atoms with E-state index in [0.29, 0.717) is 24.6 Å². The number of anilines is 1. The van der Waals surface area contributed by atoms with Gasteiger partial charge >= 0.3 is 5.97 Å². The number of methoxy groups -OCH3 is 1. The van der Waals surface area contributed by atoms with E-state index in [0.717, 1.165) is 6.54 Å². The van der Waals surface area contributed by atoms with Crippen LogP contribution in [0.5, 0.6) is 0 Å². The molecule has 0 unspecified atom stereocenters. The molecule has 0 radical (unpaired) electrons. The molecule has 1 fully saturated rings. The Labute approximate surface area is 111 Å². The maximum absolute atomic E-state index is 11.5. The molecule has 0 N–H and O–H groups in total. The van der Waals surface area contributed by atoms with Crippen molar-refractivity contribution in [2.45, 2.75) is 13.0 Å². The van der Waals surface area contributed by atoms with E-state index in [2.05, 4.69) is 9.88 Å². The second-order valence-electron chi connectivity index (χ2n) is 4.15. The third-order valence-corrected chi connectivity index (χ3v) is 3.06. The summed E-state index contributed by atoms with van der Waals surface area (Å²) < 4.78 is 10.1. The van der Waals surface area contributed by atoms with Crippen LogP contribution >= 0.6 is 11.6 Å². The summed E-state index contributed by atoms with van der Waals surface area (Å²) in [5.41, 5.74) is 0.409. The lowest BCUT2D eigenvalue weighted by atomic mass is 10.2. The van der Waals surface area contributed by atoms with E-state index in [1.807, 2.05) is 6.92 Å². The number of hydrogen-bond acceptors (Lipinski definition) is 5. The number of halogens is 1. The van der Waals surface area contributed by atoms with E-state index in [4.69, 9.17) is 21.1 Å². The molecule has 1 aliphatic rings. The van der Waals surface area contributed by atoms with E-state index in [1.165, 1.54) is 13.2 Å². The van der Waals surface area contributed by atoms with Crippen molar-refractivity contribution in [1.29, 1.82) is 0 Å². The van der Waals surface area contributed by atoms with E-state index < -0.39 is 5.97 Å². The molecular formula is C12H15ClN2O3. The van der Waals surface area contributed by atoms with Crippen LogP contribution in [0.1, 0.15) is 17.3 Å². The molecular weight excluding hydrogens is 256 g/mol. The van der Waals surface area contributed by atoms with Crippen molar-refractivity contribution in [2.75, 3.05) is 31.8 Å². The normalized spacial score (nSPS) is 19.7. The van der Waals surface area contributed by atoms with Gasteiger partial charge in [-0.1, -0.05) is 11.6 Å². The summed E-state index contributed by atoms with van der Waals surface area (Å²) in [7, 11) is 1.34. The van der Waals surface area contributed by atoms with E-state index in [1.54, 1.807) is 6.07 Å². The topological polar surface area (TPSA) is 51.7 Å². The minimum Gasteiger partial charge on any atom is -0.465 e. The minimum atomic E-state index is -0.415. The van der Waals surface area contributed by atoms with Gasteiger partial charge < -0.3 is 14.4 Å². The molecule has 2 heterocycles. The average Bonchev–Trinajstić information content (AvgIpc) is 2.37. The summed E-state index contributed by atoms with van der Waals surface area (Å²) in [5, 5.41) is 0.284. The maximum Gasteiger partial charge on any atom is 0.338 e. The molecule has 98 valence electrons. The SMILES string of the molecule is COC(=O)c1cc(Cl)nc(N2CCOC[C@H]2C)c1. The van der Waals surface area contributed by atoms with Gasteiger partial charge in [0.1, 0.15) is 11.0 Å². The zero-order valence-electron chi connectivity index (χ0n) is 10.4. The lowest BCUT2D eigenvalue weighted by molar-refractivity contribution is 0.0600. The van der Waals surface area contributed by atoms with Gasteiger partial charge in [-0.05, 0) is 19.1 Å². The van der Waals surface area contributed by atoms with Crippen LogP contribution in [0.25, 0.3) is 0 Å². The van der Waals surface area contributed by atoms with Gasteiger partial charge in [-0.25, -0.2) is 9.78 Å². The summed E-state index contributed by atoms with van der Waals surface area (Å²) >= 11 is 5.94. The summed E-state index contributed by atoms with van der Waals surface area (Å²) in [6.07, 6.45) is 0. The summed E-state index contributed by atoms with van der Waals surface area (Å²) in [6, 6.07) is 3.40. The zero-order chi connectivity index (χ0) is 13.1. The Morgan fingerprint density at radius 2 is 2.39 bits per heavy atom. The van der Waals surface area contributed by atoms with Crippen LogP contribution in [-0.2, 0) is 9.47 Å². The minimum absolute atomic E-state index is 0.204. The summed E-state index contributed by atoms with van der Waals surface area (Å²) in [5.74, 6) is 0.264. The van der Waals surface area contributed by atoms with Crippen LogP contribution in [0.3, 0.4) is 0 Å². The molecule has 0 spiro atoms. The summed E-state index contributed by atoms with van der Waals surface area (Å²) in [6.45, 7) is 4.06. The lowest BCUT2D eigenvalue weighted by Crippen LogP contribution is -2.44. The molecule has 1 aliphatic heterocycles. The Balaban J connectivity index is 2.32. The smallest absolute Gasteiger partial charge is 0.338 e. The number of ether oxygens (including phenoxy) is 2. The van der Waals surface area contributed by atoms with Crippen LogP contribution in [-0.4, -0.2) is 43.9 Å². The fourth-order valence-corrected chi connectivity index (χ4v) is 2.14. The number of aromatic nitrogens is 1. The van der Waals surface area contributed by atoms with E-state index in [9.17, 15) is 4.79 Å². The maximum atomic E-state index is 11.5. The van der Waals surface area contributed by atoms with E-state index in [-0.39, 0.29) is 11.2 Å². The predicted molar refractivity (Wildman–Crippen MR) is 68.2 cm³/mol. The zero-order valence-corrected chi connectivity index (χ0v) is 11.1. The Morgan fingerprint density at radius 1 is 1.61 bits per heavy atom. The number of carbonyl (C=O) groups excluding carboxylic acids is 1. The fraction of sp³-hybridized carbons (Fsp3) is 0.500. The highest BCUT2D eigenvalue weighted by molar-refractivity contribution is 6.29. The van der Waals surface area contributed by atoms with Gasteiger partial charge in [-0.2, -0.15) is 0 Å². The van der Waals surface area contributed by atoms with Crippen LogP contribution in [0.15, 0.2) is 12.1 Å². The Bertz CT molecular complexity index is 453. The van der Waals surface area contributed by atoms with Crippen molar-refractivity contribution < 1.29 is 14.3 Å². The van der Waals surface area contributed by atoms with Crippen LogP contribution in [0, 0.1) is 0 Å². The lowest BCUT2D eigenvalue weighted by Gasteiger charge is -2.34. The van der Waals surface area contributed by atoms with Crippen molar-refractivity contribution in [2.24, 2.45) is 0 Å². The first-order valence-corrected chi connectivity index (χ1v) is 6.10. The van der Waals surface area contributed by atoms with Gasteiger partial charge in [0.05, 0.1) is 31.9 Å². The van der Waals surface area contributed by atoms with Crippen molar-refractivity contribution in [3.63, 3.8) is 0 Å². The molecule has 2 rings (SSSR count). The molecule has 0 saturated carbocycles. The number of pyridine rings is 1. The number of carbonyl (C=O) groups is 1. The third-order valence-electron chi connectivity index (χ3n) is 2.86. The van der Waals surface area contributed by atoms with Crippen LogP contribution in [0.4, 0.5) is 5.82 Å². The van der Waals surface area contributed by atoms with Gasteiger partial charge in [0.15, 0.2) is 0 Å². The number of hydrogen-bond donors (Lipinski definition) is 0. The first-order valence-electron chi connectivity index (χ1n) is 5.72. The molecule has 1 aromatic heterocycles. The van der Waals surface area contributed by atoms with E-state index >= 15 is 0 Å². The van der Waals surface area contributed by atoms with Crippen molar-refractivity contribution in [3.05, 3.63) is 22.8 Å². The molecule has 0 bridgehead atoms. The fourth-order valence-electron chi connectivity index (χ4n) is 1.93. The van der Waals surface area contributed by atoms with Crippen LogP contribution < -0.4 is 4.90 Å². The molecule has 1 saturated heterocycles.